The summed E-state index contributed by atoms with van der Waals surface area (Å²) in [4.78, 5) is 34.2. The second-order valence-electron chi connectivity index (χ2n) is 5.79. The zero-order valence-electron chi connectivity index (χ0n) is 13.6. The number of halogens is 1. The van der Waals surface area contributed by atoms with Crippen LogP contribution in [0.2, 0.25) is 0 Å². The highest BCUT2D eigenvalue weighted by Gasteiger charge is 2.42. The van der Waals surface area contributed by atoms with Crippen LogP contribution < -0.4 is 5.32 Å². The van der Waals surface area contributed by atoms with Crippen molar-refractivity contribution < 1.29 is 33.7 Å². The van der Waals surface area contributed by atoms with Gasteiger partial charge in [0.1, 0.15) is 5.82 Å². The number of amides is 1. The Morgan fingerprint density at radius 1 is 1.25 bits per heavy atom. The van der Waals surface area contributed by atoms with E-state index in [-0.39, 0.29) is 23.8 Å². The van der Waals surface area contributed by atoms with Gasteiger partial charge in [-0.2, -0.15) is 0 Å². The number of carbonyl (C=O) groups is 3. The van der Waals surface area contributed by atoms with E-state index in [1.807, 2.05) is 0 Å². The maximum absolute atomic E-state index is 13.7. The van der Waals surface area contributed by atoms with E-state index >= 15 is 0 Å². The van der Waals surface area contributed by atoms with E-state index in [9.17, 15) is 18.8 Å². The molecule has 1 aromatic carbocycles. The van der Waals surface area contributed by atoms with Crippen LogP contribution in [-0.4, -0.2) is 40.7 Å². The molecule has 1 aromatic rings. The third-order valence-corrected chi connectivity index (χ3v) is 3.43. The van der Waals surface area contributed by atoms with Crippen molar-refractivity contribution in [3.05, 3.63) is 35.1 Å². The molecule has 0 saturated carbocycles. The third-order valence-electron chi connectivity index (χ3n) is 3.43. The lowest BCUT2D eigenvalue weighted by atomic mass is 9.91. The molecule has 0 saturated heterocycles. The Balaban J connectivity index is 2.86. The summed E-state index contributed by atoms with van der Waals surface area (Å²) < 4.78 is 19.0. The van der Waals surface area contributed by atoms with Gasteiger partial charge >= 0.3 is 11.9 Å². The number of rotatable bonds is 8. The normalized spacial score (nSPS) is 11.4. The Morgan fingerprint density at radius 3 is 2.33 bits per heavy atom. The molecule has 8 heteroatoms. The molecule has 24 heavy (non-hydrogen) atoms. The molecule has 0 fully saturated rings. The lowest BCUT2D eigenvalue weighted by molar-refractivity contribution is -0.162. The monoisotopic (exact) mass is 341 g/mol. The highest BCUT2D eigenvalue weighted by atomic mass is 19.1. The molecule has 7 nitrogen and oxygen atoms in total. The van der Waals surface area contributed by atoms with Gasteiger partial charge in [0, 0.05) is 17.7 Å². The summed E-state index contributed by atoms with van der Waals surface area (Å²) in [6, 6.07) is 3.61. The van der Waals surface area contributed by atoms with Crippen molar-refractivity contribution in [1.29, 1.82) is 0 Å². The van der Waals surface area contributed by atoms with Crippen LogP contribution in [0, 0.1) is 11.2 Å². The van der Waals surface area contributed by atoms with Crippen molar-refractivity contribution in [2.24, 2.45) is 5.41 Å². The maximum Gasteiger partial charge on any atom is 0.322 e. The van der Waals surface area contributed by atoms with Crippen molar-refractivity contribution in [3.8, 4) is 0 Å². The first-order valence-corrected chi connectivity index (χ1v) is 7.23. The van der Waals surface area contributed by atoms with Gasteiger partial charge in [-0.05, 0) is 39.0 Å². The molecule has 0 atom stereocenters. The van der Waals surface area contributed by atoms with Crippen LogP contribution in [0.15, 0.2) is 18.2 Å². The maximum atomic E-state index is 13.7. The summed E-state index contributed by atoms with van der Waals surface area (Å²) in [5.41, 5.74) is -1.90. The van der Waals surface area contributed by atoms with Crippen LogP contribution in [-0.2, 0) is 20.9 Å². The topological polar surface area (TPSA) is 113 Å². The van der Waals surface area contributed by atoms with Crippen LogP contribution in [0.1, 0.15) is 36.7 Å². The summed E-state index contributed by atoms with van der Waals surface area (Å²) >= 11 is 0. The number of nitrogens with one attached hydrogen (secondary N) is 1. The minimum absolute atomic E-state index is 0.0212. The summed E-state index contributed by atoms with van der Waals surface area (Å²) in [5.74, 6) is -4.37. The van der Waals surface area contributed by atoms with E-state index in [0.29, 0.717) is 0 Å². The SMILES string of the molecule is CC(C)OCc1cc(C(=O)NCC(C)(C(=O)O)C(=O)O)ccc1F. The van der Waals surface area contributed by atoms with Crippen molar-refractivity contribution in [2.75, 3.05) is 6.54 Å². The fraction of sp³-hybridized carbons (Fsp3) is 0.438. The molecule has 0 heterocycles. The number of carboxylic acids is 2. The minimum Gasteiger partial charge on any atom is -0.480 e. The first-order chi connectivity index (χ1) is 11.1. The number of hydrogen-bond donors (Lipinski definition) is 3. The number of hydrogen-bond acceptors (Lipinski definition) is 4. The summed E-state index contributed by atoms with van der Waals surface area (Å²) in [6.45, 7) is 3.93. The predicted octanol–water partition coefficient (Wildman–Crippen LogP) is 1.66. The highest BCUT2D eigenvalue weighted by Crippen LogP contribution is 2.17. The minimum atomic E-state index is -2.15. The van der Waals surface area contributed by atoms with Gasteiger partial charge in [0.05, 0.1) is 12.7 Å². The molecule has 1 amide bonds. The van der Waals surface area contributed by atoms with Gasteiger partial charge in [-0.15, -0.1) is 0 Å². The van der Waals surface area contributed by atoms with Crippen molar-refractivity contribution in [3.63, 3.8) is 0 Å². The van der Waals surface area contributed by atoms with E-state index in [4.69, 9.17) is 14.9 Å². The lowest BCUT2D eigenvalue weighted by Gasteiger charge is -2.20. The molecule has 0 spiro atoms. The molecule has 132 valence electrons. The Bertz CT molecular complexity index is 629. The molecule has 3 N–H and O–H groups in total. The fourth-order valence-electron chi connectivity index (χ4n) is 1.68. The third kappa shape index (κ3) is 4.76. The van der Waals surface area contributed by atoms with E-state index in [2.05, 4.69) is 5.32 Å². The Morgan fingerprint density at radius 2 is 1.83 bits per heavy atom. The second-order valence-corrected chi connectivity index (χ2v) is 5.79. The summed E-state index contributed by atoms with van der Waals surface area (Å²) in [6.07, 6.45) is -0.117. The smallest absolute Gasteiger partial charge is 0.322 e. The molecule has 0 aliphatic carbocycles. The quantitative estimate of drug-likeness (QED) is 0.620. The molecule has 1 rings (SSSR count). The molecule has 0 unspecified atom stereocenters. The number of ether oxygens (including phenoxy) is 1. The second kappa shape index (κ2) is 7.87. The number of benzene rings is 1. The molecule has 0 aliphatic rings. The Kier molecular flexibility index (Phi) is 6.42. The van der Waals surface area contributed by atoms with Gasteiger partial charge in [-0.25, -0.2) is 4.39 Å². The molecule has 0 bridgehead atoms. The van der Waals surface area contributed by atoms with E-state index in [1.165, 1.54) is 12.1 Å². The Hall–Kier alpha value is -2.48. The van der Waals surface area contributed by atoms with Gasteiger partial charge < -0.3 is 20.3 Å². The first-order valence-electron chi connectivity index (χ1n) is 7.23. The summed E-state index contributed by atoms with van der Waals surface area (Å²) in [5, 5.41) is 20.2. The van der Waals surface area contributed by atoms with E-state index in [0.717, 1.165) is 13.0 Å². The predicted molar refractivity (Wildman–Crippen MR) is 82.0 cm³/mol. The van der Waals surface area contributed by atoms with Crippen LogP contribution in [0.25, 0.3) is 0 Å². The van der Waals surface area contributed by atoms with Gasteiger partial charge in [0.25, 0.3) is 5.91 Å². The van der Waals surface area contributed by atoms with Crippen LogP contribution in [0.3, 0.4) is 0 Å². The lowest BCUT2D eigenvalue weighted by Crippen LogP contribution is -2.46. The number of carbonyl (C=O) groups excluding carboxylic acids is 1. The van der Waals surface area contributed by atoms with Crippen LogP contribution in [0.4, 0.5) is 4.39 Å². The van der Waals surface area contributed by atoms with Crippen molar-refractivity contribution in [1.82, 2.24) is 5.32 Å². The van der Waals surface area contributed by atoms with Gasteiger partial charge in [-0.1, -0.05) is 0 Å². The Labute approximate surface area is 138 Å². The number of carboxylic acid groups (broad SMARTS) is 2. The standard InChI is InChI=1S/C16H20FNO6/c1-9(2)24-7-11-6-10(4-5-12(11)17)13(19)18-8-16(3,14(20)21)15(22)23/h4-6,9H,7-8H2,1-3H3,(H,18,19)(H,20,21)(H,22,23). The first kappa shape index (κ1) is 19.6. The van der Waals surface area contributed by atoms with Crippen LogP contribution >= 0.6 is 0 Å². The average Bonchev–Trinajstić information content (AvgIpc) is 2.50. The van der Waals surface area contributed by atoms with Gasteiger partial charge in [-0.3, -0.25) is 14.4 Å². The van der Waals surface area contributed by atoms with Crippen molar-refractivity contribution in [2.45, 2.75) is 33.5 Å². The highest BCUT2D eigenvalue weighted by molar-refractivity contribution is 6.00. The molecule has 0 aromatic heterocycles. The average molecular weight is 341 g/mol. The molecule has 0 aliphatic heterocycles. The largest absolute Gasteiger partial charge is 0.480 e. The molecular weight excluding hydrogens is 321 g/mol. The zero-order chi connectivity index (χ0) is 18.5. The van der Waals surface area contributed by atoms with E-state index in [1.54, 1.807) is 13.8 Å². The zero-order valence-corrected chi connectivity index (χ0v) is 13.6. The van der Waals surface area contributed by atoms with Crippen molar-refractivity contribution >= 4 is 17.8 Å². The summed E-state index contributed by atoms with van der Waals surface area (Å²) in [7, 11) is 0. The molecule has 0 radical (unpaired) electrons. The van der Waals surface area contributed by atoms with Crippen LogP contribution in [0.5, 0.6) is 0 Å². The van der Waals surface area contributed by atoms with Gasteiger partial charge in [0.15, 0.2) is 5.41 Å². The number of aliphatic carboxylic acids is 2. The molecular formula is C16H20FNO6. The fourth-order valence-corrected chi connectivity index (χ4v) is 1.68. The van der Waals surface area contributed by atoms with E-state index < -0.39 is 35.6 Å². The van der Waals surface area contributed by atoms with Gasteiger partial charge in [0.2, 0.25) is 0 Å².